The summed E-state index contributed by atoms with van der Waals surface area (Å²) in [6.45, 7) is 0.375. The minimum absolute atomic E-state index is 0.132. The van der Waals surface area contributed by atoms with Crippen molar-refractivity contribution in [3.63, 3.8) is 0 Å². The van der Waals surface area contributed by atoms with Crippen LogP contribution in [0.4, 0.5) is 18.9 Å². The second-order valence-electron chi connectivity index (χ2n) is 7.42. The first kappa shape index (κ1) is 24.5. The SMILES string of the molecule is O=C(CCCNC(=O)c1ccc(F)cc1F)NCc1cccc(NC(=O)c2ccc(F)cc2)c1. The first-order valence-corrected chi connectivity index (χ1v) is 10.5. The van der Waals surface area contributed by atoms with Gasteiger partial charge in [0, 0.05) is 36.8 Å². The number of amides is 3. The van der Waals surface area contributed by atoms with Crippen LogP contribution >= 0.6 is 0 Å². The molecule has 3 aromatic rings. The fourth-order valence-corrected chi connectivity index (χ4v) is 3.07. The summed E-state index contributed by atoms with van der Waals surface area (Å²) in [7, 11) is 0. The molecule has 0 aliphatic rings. The molecule has 34 heavy (non-hydrogen) atoms. The molecule has 0 heterocycles. The van der Waals surface area contributed by atoms with Crippen LogP contribution in [0.1, 0.15) is 39.1 Å². The monoisotopic (exact) mass is 469 g/mol. The Kier molecular flexibility index (Phi) is 8.39. The van der Waals surface area contributed by atoms with Crippen molar-refractivity contribution in [1.29, 1.82) is 0 Å². The molecule has 0 unspecified atom stereocenters. The zero-order chi connectivity index (χ0) is 24.5. The third-order valence-corrected chi connectivity index (χ3v) is 4.82. The van der Waals surface area contributed by atoms with Crippen LogP contribution in [-0.4, -0.2) is 24.3 Å². The van der Waals surface area contributed by atoms with Gasteiger partial charge in [-0.05, 0) is 60.5 Å². The van der Waals surface area contributed by atoms with Crippen LogP contribution in [0.2, 0.25) is 0 Å². The van der Waals surface area contributed by atoms with Crippen LogP contribution in [0, 0.1) is 17.5 Å². The van der Waals surface area contributed by atoms with Crippen molar-refractivity contribution in [2.75, 3.05) is 11.9 Å². The standard InChI is InChI=1S/C25H22F3N3O3/c26-18-8-6-17(7-9-18)24(33)31-20-4-1-3-16(13-20)15-30-23(32)5-2-12-29-25(34)21-11-10-19(27)14-22(21)28/h1,3-4,6-11,13-14H,2,5,12,15H2,(H,29,34)(H,30,32)(H,31,33). The highest BCUT2D eigenvalue weighted by molar-refractivity contribution is 6.04. The fraction of sp³-hybridized carbons (Fsp3) is 0.160. The van der Waals surface area contributed by atoms with E-state index in [-0.39, 0.29) is 36.9 Å². The van der Waals surface area contributed by atoms with E-state index in [2.05, 4.69) is 16.0 Å². The third-order valence-electron chi connectivity index (χ3n) is 4.82. The Morgan fingerprint density at radius 2 is 1.50 bits per heavy atom. The van der Waals surface area contributed by atoms with Gasteiger partial charge in [0.1, 0.15) is 17.5 Å². The van der Waals surface area contributed by atoms with E-state index < -0.39 is 23.4 Å². The van der Waals surface area contributed by atoms with E-state index in [4.69, 9.17) is 0 Å². The number of nitrogens with one attached hydrogen (secondary N) is 3. The van der Waals surface area contributed by atoms with Gasteiger partial charge in [0.15, 0.2) is 0 Å². The van der Waals surface area contributed by atoms with E-state index in [1.54, 1.807) is 24.3 Å². The molecule has 0 radical (unpaired) electrons. The Morgan fingerprint density at radius 3 is 2.24 bits per heavy atom. The first-order valence-electron chi connectivity index (χ1n) is 10.5. The van der Waals surface area contributed by atoms with Gasteiger partial charge < -0.3 is 16.0 Å². The highest BCUT2D eigenvalue weighted by Gasteiger charge is 2.12. The molecule has 3 amide bonds. The van der Waals surface area contributed by atoms with Crippen LogP contribution in [0.25, 0.3) is 0 Å². The summed E-state index contributed by atoms with van der Waals surface area (Å²) in [5, 5.41) is 7.95. The summed E-state index contributed by atoms with van der Waals surface area (Å²) in [4.78, 5) is 36.2. The lowest BCUT2D eigenvalue weighted by Gasteiger charge is -2.09. The van der Waals surface area contributed by atoms with Crippen LogP contribution in [0.3, 0.4) is 0 Å². The largest absolute Gasteiger partial charge is 0.352 e. The van der Waals surface area contributed by atoms with Crippen molar-refractivity contribution in [2.45, 2.75) is 19.4 Å². The van der Waals surface area contributed by atoms with Crippen LogP contribution in [0.15, 0.2) is 66.7 Å². The van der Waals surface area contributed by atoms with Gasteiger partial charge in [0.05, 0.1) is 5.56 Å². The summed E-state index contributed by atoms with van der Waals surface area (Å²) in [6, 6.07) is 14.8. The molecular formula is C25H22F3N3O3. The molecule has 0 fully saturated rings. The Bertz CT molecular complexity index is 1180. The maximum Gasteiger partial charge on any atom is 0.255 e. The van der Waals surface area contributed by atoms with Gasteiger partial charge in [-0.1, -0.05) is 12.1 Å². The summed E-state index contributed by atoms with van der Waals surface area (Å²) >= 11 is 0. The van der Waals surface area contributed by atoms with Crippen LogP contribution in [-0.2, 0) is 11.3 Å². The Morgan fingerprint density at radius 1 is 0.765 bits per heavy atom. The number of carbonyl (C=O) groups is 3. The molecule has 0 saturated heterocycles. The highest BCUT2D eigenvalue weighted by Crippen LogP contribution is 2.13. The van der Waals surface area contributed by atoms with E-state index in [1.165, 1.54) is 24.3 Å². The maximum atomic E-state index is 13.6. The molecule has 0 aliphatic heterocycles. The molecule has 9 heteroatoms. The van der Waals surface area contributed by atoms with Crippen molar-refractivity contribution in [3.8, 4) is 0 Å². The van der Waals surface area contributed by atoms with Crippen LogP contribution in [0.5, 0.6) is 0 Å². The van der Waals surface area contributed by atoms with Gasteiger partial charge in [-0.15, -0.1) is 0 Å². The summed E-state index contributed by atoms with van der Waals surface area (Å²) < 4.78 is 39.5. The molecule has 0 aromatic heterocycles. The predicted octanol–water partition coefficient (Wildman–Crippen LogP) is 4.18. The summed E-state index contributed by atoms with van der Waals surface area (Å²) in [5.74, 6) is -3.47. The Balaban J connectivity index is 1.40. The average Bonchev–Trinajstić information content (AvgIpc) is 2.81. The van der Waals surface area contributed by atoms with Crippen molar-refractivity contribution in [1.82, 2.24) is 10.6 Å². The molecule has 3 N–H and O–H groups in total. The molecule has 3 aromatic carbocycles. The lowest BCUT2D eigenvalue weighted by atomic mass is 10.1. The number of hydrogen-bond acceptors (Lipinski definition) is 3. The smallest absolute Gasteiger partial charge is 0.255 e. The maximum absolute atomic E-state index is 13.6. The zero-order valence-corrected chi connectivity index (χ0v) is 18.0. The Labute approximate surface area is 194 Å². The summed E-state index contributed by atoms with van der Waals surface area (Å²) in [6.07, 6.45) is 0.460. The van der Waals surface area contributed by atoms with Gasteiger partial charge in [0.25, 0.3) is 11.8 Å². The first-order chi connectivity index (χ1) is 16.3. The second-order valence-corrected chi connectivity index (χ2v) is 7.42. The van der Waals surface area contributed by atoms with Crippen molar-refractivity contribution in [2.24, 2.45) is 0 Å². The molecule has 0 aliphatic carbocycles. The number of anilines is 1. The van der Waals surface area contributed by atoms with Crippen molar-refractivity contribution in [3.05, 3.63) is 101 Å². The van der Waals surface area contributed by atoms with E-state index in [1.807, 2.05) is 0 Å². The topological polar surface area (TPSA) is 87.3 Å². The quantitative estimate of drug-likeness (QED) is 0.411. The van der Waals surface area contributed by atoms with Crippen molar-refractivity contribution >= 4 is 23.4 Å². The second kappa shape index (κ2) is 11.6. The van der Waals surface area contributed by atoms with E-state index in [0.717, 1.165) is 17.7 Å². The molecular weight excluding hydrogens is 447 g/mol. The minimum Gasteiger partial charge on any atom is -0.352 e. The lowest BCUT2D eigenvalue weighted by Crippen LogP contribution is -2.28. The van der Waals surface area contributed by atoms with Gasteiger partial charge in [0.2, 0.25) is 5.91 Å². The van der Waals surface area contributed by atoms with Crippen LogP contribution < -0.4 is 16.0 Å². The number of carbonyl (C=O) groups excluding carboxylic acids is 3. The minimum atomic E-state index is -0.952. The molecule has 0 atom stereocenters. The number of benzene rings is 3. The van der Waals surface area contributed by atoms with Gasteiger partial charge in [-0.3, -0.25) is 14.4 Å². The van der Waals surface area contributed by atoms with Gasteiger partial charge in [-0.2, -0.15) is 0 Å². The Hall–Kier alpha value is -4.14. The lowest BCUT2D eigenvalue weighted by molar-refractivity contribution is -0.121. The predicted molar refractivity (Wildman–Crippen MR) is 121 cm³/mol. The molecule has 6 nitrogen and oxygen atoms in total. The zero-order valence-electron chi connectivity index (χ0n) is 18.0. The van der Waals surface area contributed by atoms with Gasteiger partial charge >= 0.3 is 0 Å². The molecule has 0 saturated carbocycles. The normalized spacial score (nSPS) is 10.4. The number of halogens is 3. The average molecular weight is 469 g/mol. The van der Waals surface area contributed by atoms with E-state index in [9.17, 15) is 27.6 Å². The molecule has 176 valence electrons. The number of rotatable bonds is 9. The molecule has 0 spiro atoms. The third kappa shape index (κ3) is 7.19. The molecule has 3 rings (SSSR count). The van der Waals surface area contributed by atoms with E-state index >= 15 is 0 Å². The van der Waals surface area contributed by atoms with Gasteiger partial charge in [-0.25, -0.2) is 13.2 Å². The molecule has 0 bridgehead atoms. The summed E-state index contributed by atoms with van der Waals surface area (Å²) in [5.41, 5.74) is 1.33. The highest BCUT2D eigenvalue weighted by atomic mass is 19.1. The van der Waals surface area contributed by atoms with E-state index in [0.29, 0.717) is 23.7 Å². The van der Waals surface area contributed by atoms with Crippen molar-refractivity contribution < 1.29 is 27.6 Å². The fourth-order valence-electron chi connectivity index (χ4n) is 3.07. The number of hydrogen-bond donors (Lipinski definition) is 3.